The van der Waals surface area contributed by atoms with Gasteiger partial charge in [0.1, 0.15) is 0 Å². The normalized spacial score (nSPS) is 18.9. The second-order valence-corrected chi connectivity index (χ2v) is 7.21. The van der Waals surface area contributed by atoms with Gasteiger partial charge in [-0.1, -0.05) is 28.1 Å². The van der Waals surface area contributed by atoms with Gasteiger partial charge in [-0.25, -0.2) is 13.1 Å². The Kier molecular flexibility index (Phi) is 4.42. The molecule has 1 atom stereocenters. The van der Waals surface area contributed by atoms with Gasteiger partial charge in [0.2, 0.25) is 10.0 Å². The van der Waals surface area contributed by atoms with E-state index < -0.39 is 10.0 Å². The maximum atomic E-state index is 10.9. The summed E-state index contributed by atoms with van der Waals surface area (Å²) >= 11 is 3.56. The molecule has 1 aliphatic rings. The molecular formula is C12H17BrN2O2S. The molecule has 6 heteroatoms. The molecule has 0 spiro atoms. The average molecular weight is 333 g/mol. The number of rotatable bonds is 5. The van der Waals surface area contributed by atoms with Gasteiger partial charge in [0.15, 0.2) is 0 Å². The minimum absolute atomic E-state index is 0.332. The third kappa shape index (κ3) is 3.54. The van der Waals surface area contributed by atoms with Crippen molar-refractivity contribution in [3.05, 3.63) is 33.8 Å². The zero-order valence-electron chi connectivity index (χ0n) is 10.2. The van der Waals surface area contributed by atoms with Gasteiger partial charge in [-0.15, -0.1) is 0 Å². The Morgan fingerprint density at radius 1 is 1.39 bits per heavy atom. The predicted molar refractivity (Wildman–Crippen MR) is 76.1 cm³/mol. The minimum atomic E-state index is -3.08. The highest BCUT2D eigenvalue weighted by atomic mass is 79.9. The molecule has 0 amide bonds. The molecule has 100 valence electrons. The molecule has 18 heavy (non-hydrogen) atoms. The van der Waals surface area contributed by atoms with Crippen LogP contribution in [0.4, 0.5) is 0 Å². The molecule has 1 aromatic carbocycles. The van der Waals surface area contributed by atoms with E-state index in [9.17, 15) is 8.42 Å². The quantitative estimate of drug-likeness (QED) is 0.805. The monoisotopic (exact) mass is 332 g/mol. The number of hydrogen-bond acceptors (Lipinski definition) is 3. The lowest BCUT2D eigenvalue weighted by Gasteiger charge is -2.14. The maximum absolute atomic E-state index is 10.9. The Labute approximate surface area is 116 Å². The van der Waals surface area contributed by atoms with E-state index >= 15 is 0 Å². The van der Waals surface area contributed by atoms with Crippen molar-refractivity contribution >= 4 is 26.0 Å². The summed E-state index contributed by atoms with van der Waals surface area (Å²) in [6.45, 7) is 1.07. The first kappa shape index (κ1) is 14.0. The molecule has 0 aliphatic heterocycles. The van der Waals surface area contributed by atoms with Crippen molar-refractivity contribution < 1.29 is 8.42 Å². The standard InChI is InChI=1S/C12H17BrN2O2S/c1-18(16,17)15-8-7-14-12-6-5-9-10(12)3-2-4-11(9)13/h2-4,12,14-15H,5-8H2,1H3. The number of halogens is 1. The fourth-order valence-corrected chi connectivity index (χ4v) is 3.36. The van der Waals surface area contributed by atoms with E-state index in [4.69, 9.17) is 0 Å². The number of hydrogen-bond donors (Lipinski definition) is 2. The Morgan fingerprint density at radius 3 is 2.89 bits per heavy atom. The largest absolute Gasteiger partial charge is 0.309 e. The zero-order chi connectivity index (χ0) is 13.2. The molecule has 0 radical (unpaired) electrons. The third-order valence-electron chi connectivity index (χ3n) is 3.09. The van der Waals surface area contributed by atoms with Gasteiger partial charge in [-0.2, -0.15) is 0 Å². The fraction of sp³-hybridized carbons (Fsp3) is 0.500. The number of sulfonamides is 1. The fourth-order valence-electron chi connectivity index (χ4n) is 2.30. The Morgan fingerprint density at radius 2 is 2.17 bits per heavy atom. The van der Waals surface area contributed by atoms with Crippen molar-refractivity contribution in [2.75, 3.05) is 19.3 Å². The summed E-state index contributed by atoms with van der Waals surface area (Å²) in [5, 5.41) is 3.39. The molecule has 0 heterocycles. The SMILES string of the molecule is CS(=O)(=O)NCCNC1CCc2c(Br)cccc21. The van der Waals surface area contributed by atoms with Crippen LogP contribution in [0.5, 0.6) is 0 Å². The van der Waals surface area contributed by atoms with Gasteiger partial charge in [-0.3, -0.25) is 0 Å². The second kappa shape index (κ2) is 5.69. The van der Waals surface area contributed by atoms with Crippen LogP contribution in [0.2, 0.25) is 0 Å². The third-order valence-corrected chi connectivity index (χ3v) is 4.56. The van der Waals surface area contributed by atoms with Gasteiger partial charge in [0, 0.05) is 23.6 Å². The minimum Gasteiger partial charge on any atom is -0.309 e. The molecule has 0 fully saturated rings. The lowest BCUT2D eigenvalue weighted by molar-refractivity contribution is 0.526. The van der Waals surface area contributed by atoms with E-state index in [1.807, 2.05) is 6.07 Å². The molecule has 4 nitrogen and oxygen atoms in total. The highest BCUT2D eigenvalue weighted by molar-refractivity contribution is 9.10. The summed E-state index contributed by atoms with van der Waals surface area (Å²) in [6.07, 6.45) is 3.31. The Balaban J connectivity index is 1.89. The zero-order valence-corrected chi connectivity index (χ0v) is 12.6. The first-order chi connectivity index (χ1) is 8.47. The topological polar surface area (TPSA) is 58.2 Å². The summed E-state index contributed by atoms with van der Waals surface area (Å²) < 4.78 is 25.5. The highest BCUT2D eigenvalue weighted by Gasteiger charge is 2.23. The average Bonchev–Trinajstić information content (AvgIpc) is 2.68. The van der Waals surface area contributed by atoms with Gasteiger partial charge < -0.3 is 5.32 Å². The highest BCUT2D eigenvalue weighted by Crippen LogP contribution is 2.35. The van der Waals surface area contributed by atoms with E-state index in [2.05, 4.69) is 38.1 Å². The smallest absolute Gasteiger partial charge is 0.208 e. The number of fused-ring (bicyclic) bond motifs is 1. The van der Waals surface area contributed by atoms with E-state index in [0.29, 0.717) is 19.1 Å². The predicted octanol–water partition coefficient (Wildman–Crippen LogP) is 1.58. The second-order valence-electron chi connectivity index (χ2n) is 4.52. The van der Waals surface area contributed by atoms with Crippen molar-refractivity contribution in [3.8, 4) is 0 Å². The first-order valence-electron chi connectivity index (χ1n) is 5.92. The molecule has 1 unspecified atom stereocenters. The van der Waals surface area contributed by atoms with Crippen molar-refractivity contribution in [1.82, 2.24) is 10.0 Å². The summed E-state index contributed by atoms with van der Waals surface area (Å²) in [6, 6.07) is 6.57. The van der Waals surface area contributed by atoms with Crippen LogP contribution in [0.3, 0.4) is 0 Å². The Hall–Kier alpha value is -0.430. The summed E-state index contributed by atoms with van der Waals surface area (Å²) in [7, 11) is -3.08. The van der Waals surface area contributed by atoms with Crippen LogP contribution in [0.15, 0.2) is 22.7 Å². The van der Waals surface area contributed by atoms with E-state index in [-0.39, 0.29) is 0 Å². The van der Waals surface area contributed by atoms with Crippen molar-refractivity contribution in [2.45, 2.75) is 18.9 Å². The molecular weight excluding hydrogens is 316 g/mol. The molecule has 2 N–H and O–H groups in total. The molecule has 1 aliphatic carbocycles. The molecule has 0 bridgehead atoms. The van der Waals surface area contributed by atoms with Crippen LogP contribution in [0, 0.1) is 0 Å². The van der Waals surface area contributed by atoms with Crippen molar-refractivity contribution in [3.63, 3.8) is 0 Å². The van der Waals surface area contributed by atoms with Gasteiger partial charge in [0.25, 0.3) is 0 Å². The molecule has 0 saturated heterocycles. The van der Waals surface area contributed by atoms with Crippen molar-refractivity contribution in [1.29, 1.82) is 0 Å². The molecule has 2 rings (SSSR count). The Bertz CT molecular complexity index is 531. The van der Waals surface area contributed by atoms with Crippen LogP contribution in [-0.4, -0.2) is 27.8 Å². The van der Waals surface area contributed by atoms with Crippen LogP contribution >= 0.6 is 15.9 Å². The number of nitrogens with one attached hydrogen (secondary N) is 2. The van der Waals surface area contributed by atoms with E-state index in [1.54, 1.807) is 0 Å². The summed E-state index contributed by atoms with van der Waals surface area (Å²) in [5.74, 6) is 0. The lowest BCUT2D eigenvalue weighted by atomic mass is 10.1. The molecule has 1 aromatic rings. The van der Waals surface area contributed by atoms with Crippen LogP contribution in [-0.2, 0) is 16.4 Å². The summed E-state index contributed by atoms with van der Waals surface area (Å²) in [5.41, 5.74) is 2.69. The van der Waals surface area contributed by atoms with Gasteiger partial charge in [-0.05, 0) is 30.0 Å². The van der Waals surface area contributed by atoms with Crippen LogP contribution < -0.4 is 10.0 Å². The van der Waals surface area contributed by atoms with Crippen LogP contribution in [0.1, 0.15) is 23.6 Å². The lowest BCUT2D eigenvalue weighted by Crippen LogP contribution is -2.32. The number of benzene rings is 1. The molecule has 0 saturated carbocycles. The van der Waals surface area contributed by atoms with E-state index in [0.717, 1.165) is 12.8 Å². The van der Waals surface area contributed by atoms with Crippen LogP contribution in [0.25, 0.3) is 0 Å². The first-order valence-corrected chi connectivity index (χ1v) is 8.61. The molecule has 0 aromatic heterocycles. The maximum Gasteiger partial charge on any atom is 0.208 e. The van der Waals surface area contributed by atoms with Crippen molar-refractivity contribution in [2.24, 2.45) is 0 Å². The van der Waals surface area contributed by atoms with Gasteiger partial charge in [0.05, 0.1) is 6.26 Å². The van der Waals surface area contributed by atoms with E-state index in [1.165, 1.54) is 21.9 Å². The van der Waals surface area contributed by atoms with Gasteiger partial charge >= 0.3 is 0 Å². The summed E-state index contributed by atoms with van der Waals surface area (Å²) in [4.78, 5) is 0.